The Kier molecular flexibility index (Phi) is 6.13. The Bertz CT molecular complexity index is 506. The fourth-order valence-electron chi connectivity index (χ4n) is 1.53. The normalized spacial score (nSPS) is 10.5. The van der Waals surface area contributed by atoms with Crippen LogP contribution >= 0.6 is 15.9 Å². The Morgan fingerprint density at radius 2 is 2.05 bits per heavy atom. The van der Waals surface area contributed by atoms with E-state index >= 15 is 0 Å². The maximum Gasteiger partial charge on any atom is 0.257 e. The highest BCUT2D eigenvalue weighted by Gasteiger charge is 2.18. The molecule has 0 aliphatic carbocycles. The van der Waals surface area contributed by atoms with Crippen LogP contribution in [0.5, 0.6) is 0 Å². The molecule has 110 valence electrons. The molecule has 2 amide bonds. The predicted octanol–water partition coefficient (Wildman–Crippen LogP) is 2.43. The summed E-state index contributed by atoms with van der Waals surface area (Å²) >= 11 is 3.13. The largest absolute Gasteiger partial charge is 0.354 e. The zero-order chi connectivity index (χ0) is 15.3. The van der Waals surface area contributed by atoms with Crippen LogP contribution in [0.4, 0.5) is 4.39 Å². The van der Waals surface area contributed by atoms with Gasteiger partial charge in [0.05, 0.1) is 12.1 Å². The van der Waals surface area contributed by atoms with Gasteiger partial charge in [-0.1, -0.05) is 29.8 Å². The number of amides is 2. The summed E-state index contributed by atoms with van der Waals surface area (Å²) in [6.07, 6.45) is 0. The van der Waals surface area contributed by atoms with Crippen LogP contribution in [-0.4, -0.2) is 36.9 Å². The molecule has 4 nitrogen and oxygen atoms in total. The van der Waals surface area contributed by atoms with E-state index in [0.717, 1.165) is 0 Å². The zero-order valence-electron chi connectivity index (χ0n) is 11.7. The first kappa shape index (κ1) is 16.6. The van der Waals surface area contributed by atoms with Gasteiger partial charge in [-0.05, 0) is 24.1 Å². The van der Waals surface area contributed by atoms with Crippen molar-refractivity contribution in [2.24, 2.45) is 5.92 Å². The molecule has 0 heterocycles. The average molecular weight is 345 g/mol. The fourth-order valence-corrected chi connectivity index (χ4v) is 1.86. The third kappa shape index (κ3) is 4.92. The van der Waals surface area contributed by atoms with Crippen LogP contribution in [0.25, 0.3) is 0 Å². The Morgan fingerprint density at radius 3 is 2.60 bits per heavy atom. The van der Waals surface area contributed by atoms with Crippen LogP contribution in [0.15, 0.2) is 22.7 Å². The molecule has 0 spiro atoms. The highest BCUT2D eigenvalue weighted by molar-refractivity contribution is 9.10. The van der Waals surface area contributed by atoms with Gasteiger partial charge in [-0.25, -0.2) is 4.39 Å². The molecule has 0 saturated carbocycles. The molecule has 1 aromatic rings. The van der Waals surface area contributed by atoms with Crippen molar-refractivity contribution < 1.29 is 14.0 Å². The minimum atomic E-state index is -0.612. The molecule has 6 heteroatoms. The van der Waals surface area contributed by atoms with Crippen molar-refractivity contribution in [3.8, 4) is 0 Å². The lowest BCUT2D eigenvalue weighted by Gasteiger charge is -2.17. The maximum atomic E-state index is 13.7. The number of likely N-dealkylation sites (N-methyl/N-ethyl adjacent to an activating group) is 1. The lowest BCUT2D eigenvalue weighted by Crippen LogP contribution is -2.39. The van der Waals surface area contributed by atoms with E-state index in [9.17, 15) is 14.0 Å². The van der Waals surface area contributed by atoms with Crippen LogP contribution in [0.2, 0.25) is 0 Å². The summed E-state index contributed by atoms with van der Waals surface area (Å²) in [5, 5.41) is 2.71. The van der Waals surface area contributed by atoms with Crippen molar-refractivity contribution in [1.29, 1.82) is 0 Å². The summed E-state index contributed by atoms with van der Waals surface area (Å²) in [7, 11) is 1.47. The van der Waals surface area contributed by atoms with E-state index in [4.69, 9.17) is 0 Å². The van der Waals surface area contributed by atoms with Gasteiger partial charge in [0, 0.05) is 18.1 Å². The summed E-state index contributed by atoms with van der Waals surface area (Å²) in [6, 6.07) is 4.20. The SMILES string of the molecule is CC(C)CNC(=O)CN(C)C(=O)c1ccc(Br)cc1F. The van der Waals surface area contributed by atoms with E-state index in [-0.39, 0.29) is 18.0 Å². The van der Waals surface area contributed by atoms with Crippen molar-refractivity contribution in [3.05, 3.63) is 34.1 Å². The van der Waals surface area contributed by atoms with Crippen molar-refractivity contribution in [2.75, 3.05) is 20.1 Å². The number of carbonyl (C=O) groups excluding carboxylic acids is 2. The first-order valence-electron chi connectivity index (χ1n) is 6.28. The minimum Gasteiger partial charge on any atom is -0.354 e. The van der Waals surface area contributed by atoms with E-state index in [1.807, 2.05) is 13.8 Å². The molecule has 0 bridgehead atoms. The number of halogens is 2. The van der Waals surface area contributed by atoms with Crippen LogP contribution in [0.3, 0.4) is 0 Å². The van der Waals surface area contributed by atoms with Gasteiger partial charge in [-0.15, -0.1) is 0 Å². The number of carbonyl (C=O) groups is 2. The van der Waals surface area contributed by atoms with E-state index in [1.54, 1.807) is 6.07 Å². The Hall–Kier alpha value is -1.43. The van der Waals surface area contributed by atoms with Crippen LogP contribution in [-0.2, 0) is 4.79 Å². The second kappa shape index (κ2) is 7.38. The summed E-state index contributed by atoms with van der Waals surface area (Å²) < 4.78 is 14.2. The molecule has 1 rings (SSSR count). The molecule has 20 heavy (non-hydrogen) atoms. The van der Waals surface area contributed by atoms with Gasteiger partial charge < -0.3 is 10.2 Å². The van der Waals surface area contributed by atoms with Gasteiger partial charge in [0.2, 0.25) is 5.91 Å². The van der Waals surface area contributed by atoms with Gasteiger partial charge in [-0.2, -0.15) is 0 Å². The fraction of sp³-hybridized carbons (Fsp3) is 0.429. The quantitative estimate of drug-likeness (QED) is 0.891. The Morgan fingerprint density at radius 1 is 1.40 bits per heavy atom. The Balaban J connectivity index is 2.65. The van der Waals surface area contributed by atoms with Gasteiger partial charge in [-0.3, -0.25) is 9.59 Å². The van der Waals surface area contributed by atoms with E-state index in [1.165, 1.54) is 24.1 Å². The number of nitrogens with one attached hydrogen (secondary N) is 1. The minimum absolute atomic E-state index is 0.0487. The number of hydrogen-bond acceptors (Lipinski definition) is 2. The molecule has 0 fully saturated rings. The molecule has 0 atom stereocenters. The predicted molar refractivity (Wildman–Crippen MR) is 78.9 cm³/mol. The Labute approximate surface area is 126 Å². The molecule has 1 aromatic carbocycles. The van der Waals surface area contributed by atoms with Gasteiger partial charge >= 0.3 is 0 Å². The first-order chi connectivity index (χ1) is 9.31. The van der Waals surface area contributed by atoms with Crippen LogP contribution in [0, 0.1) is 11.7 Å². The third-order valence-electron chi connectivity index (χ3n) is 2.60. The topological polar surface area (TPSA) is 49.4 Å². The van der Waals surface area contributed by atoms with Crippen molar-refractivity contribution in [3.63, 3.8) is 0 Å². The number of hydrogen-bond donors (Lipinski definition) is 1. The van der Waals surface area contributed by atoms with E-state index < -0.39 is 11.7 Å². The second-order valence-corrected chi connectivity index (χ2v) is 5.90. The van der Waals surface area contributed by atoms with Crippen LogP contribution < -0.4 is 5.32 Å². The summed E-state index contributed by atoms with van der Waals surface area (Å²) in [5.41, 5.74) is -0.0487. The molecule has 0 saturated heterocycles. The smallest absolute Gasteiger partial charge is 0.257 e. The first-order valence-corrected chi connectivity index (χ1v) is 7.07. The van der Waals surface area contributed by atoms with Crippen LogP contribution in [0.1, 0.15) is 24.2 Å². The number of nitrogens with zero attached hydrogens (tertiary/aromatic N) is 1. The molecule has 0 unspecified atom stereocenters. The second-order valence-electron chi connectivity index (χ2n) is 4.98. The van der Waals surface area contributed by atoms with E-state index in [2.05, 4.69) is 21.2 Å². The number of rotatable bonds is 5. The van der Waals surface area contributed by atoms with Crippen molar-refractivity contribution in [2.45, 2.75) is 13.8 Å². The monoisotopic (exact) mass is 344 g/mol. The molecular formula is C14H18BrFN2O2. The summed E-state index contributed by atoms with van der Waals surface area (Å²) in [5.74, 6) is -1.05. The van der Waals surface area contributed by atoms with Crippen molar-refractivity contribution in [1.82, 2.24) is 10.2 Å². The molecule has 0 aliphatic rings. The maximum absolute atomic E-state index is 13.7. The molecular weight excluding hydrogens is 327 g/mol. The van der Waals surface area contributed by atoms with Crippen molar-refractivity contribution >= 4 is 27.7 Å². The molecule has 1 N–H and O–H groups in total. The van der Waals surface area contributed by atoms with Gasteiger partial charge in [0.25, 0.3) is 5.91 Å². The van der Waals surface area contributed by atoms with Gasteiger partial charge in [0.15, 0.2) is 0 Å². The summed E-state index contributed by atoms with van der Waals surface area (Å²) in [4.78, 5) is 24.9. The lowest BCUT2D eigenvalue weighted by atomic mass is 10.2. The molecule has 0 radical (unpaired) electrons. The average Bonchev–Trinajstić information content (AvgIpc) is 2.35. The molecule has 0 aliphatic heterocycles. The summed E-state index contributed by atoms with van der Waals surface area (Å²) in [6.45, 7) is 4.41. The highest BCUT2D eigenvalue weighted by Crippen LogP contribution is 2.16. The highest BCUT2D eigenvalue weighted by atomic mass is 79.9. The standard InChI is InChI=1S/C14H18BrFN2O2/c1-9(2)7-17-13(19)8-18(3)14(20)11-5-4-10(15)6-12(11)16/h4-6,9H,7-8H2,1-3H3,(H,17,19). The molecule has 0 aromatic heterocycles. The van der Waals surface area contributed by atoms with Gasteiger partial charge in [0.1, 0.15) is 5.82 Å². The number of benzene rings is 1. The third-order valence-corrected chi connectivity index (χ3v) is 3.09. The lowest BCUT2D eigenvalue weighted by molar-refractivity contribution is -0.121. The zero-order valence-corrected chi connectivity index (χ0v) is 13.3. The van der Waals surface area contributed by atoms with E-state index in [0.29, 0.717) is 16.9 Å².